The zero-order valence-electron chi connectivity index (χ0n) is 15.7. The number of aromatic nitrogens is 1. The molecule has 0 spiro atoms. The van der Waals surface area contributed by atoms with Gasteiger partial charge in [-0.15, -0.1) is 11.3 Å². The molecule has 1 saturated carbocycles. The van der Waals surface area contributed by atoms with E-state index in [4.69, 9.17) is 10.5 Å². The highest BCUT2D eigenvalue weighted by molar-refractivity contribution is 7.13. The van der Waals surface area contributed by atoms with Crippen molar-refractivity contribution >= 4 is 22.9 Å². The second kappa shape index (κ2) is 8.02. The van der Waals surface area contributed by atoms with Crippen LogP contribution in [0.25, 0.3) is 10.6 Å². The second-order valence-corrected chi connectivity index (χ2v) is 8.06. The van der Waals surface area contributed by atoms with Gasteiger partial charge in [0, 0.05) is 22.8 Å². The number of nitrogen functional groups attached to an aromatic ring is 1. The minimum absolute atomic E-state index is 0.162. The molecule has 1 amide bonds. The highest BCUT2D eigenvalue weighted by atomic mass is 32.1. The molecule has 1 atom stereocenters. The molecule has 1 fully saturated rings. The van der Waals surface area contributed by atoms with Crippen molar-refractivity contribution in [3.05, 3.63) is 65.2 Å². The molecule has 5 nitrogen and oxygen atoms in total. The number of benzene rings is 2. The quantitative estimate of drug-likeness (QED) is 0.572. The number of nitrogens with zero attached hydrogens (tertiary/aromatic N) is 1. The number of ether oxygens (including phenoxy) is 1. The lowest BCUT2D eigenvalue weighted by Gasteiger charge is -2.17. The molecule has 4 rings (SSSR count). The number of hydrogen-bond donors (Lipinski definition) is 2. The molecule has 1 aromatic heterocycles. The van der Waals surface area contributed by atoms with Crippen molar-refractivity contribution in [3.8, 4) is 16.3 Å². The lowest BCUT2D eigenvalue weighted by molar-refractivity contribution is 0.0935. The molecule has 1 aliphatic rings. The molecular formula is C22H23N3O2S. The molecular weight excluding hydrogens is 370 g/mol. The van der Waals surface area contributed by atoms with Gasteiger partial charge in [0.15, 0.2) is 0 Å². The summed E-state index contributed by atoms with van der Waals surface area (Å²) in [5, 5.41) is 5.98. The van der Waals surface area contributed by atoms with E-state index in [2.05, 4.69) is 16.4 Å². The fourth-order valence-corrected chi connectivity index (χ4v) is 3.64. The molecule has 1 aliphatic carbocycles. The van der Waals surface area contributed by atoms with E-state index in [9.17, 15) is 4.79 Å². The normalized spacial score (nSPS) is 14.5. The standard InChI is InChI=1S/C22H23N3O2S/c1-14(16-3-2-4-17(11-16)22-24-9-10-28-22)25-21(26)19-12-18(23)7-8-20(19)27-13-15-5-6-15/h2-4,7-12,14-15H,5-6,13,23H2,1H3,(H,25,26). The number of carbonyl (C=O) groups excluding carboxylic acids is 1. The van der Waals surface area contributed by atoms with E-state index in [1.54, 1.807) is 35.7 Å². The summed E-state index contributed by atoms with van der Waals surface area (Å²) in [4.78, 5) is 17.3. The third-order valence-corrected chi connectivity index (χ3v) is 5.66. The molecule has 0 bridgehead atoms. The van der Waals surface area contributed by atoms with Gasteiger partial charge in [-0.3, -0.25) is 4.79 Å². The summed E-state index contributed by atoms with van der Waals surface area (Å²) in [7, 11) is 0. The van der Waals surface area contributed by atoms with E-state index >= 15 is 0 Å². The zero-order valence-corrected chi connectivity index (χ0v) is 16.5. The molecule has 2 aromatic carbocycles. The molecule has 0 radical (unpaired) electrons. The van der Waals surface area contributed by atoms with Crippen LogP contribution in [0.15, 0.2) is 54.0 Å². The summed E-state index contributed by atoms with van der Waals surface area (Å²) in [5.74, 6) is 1.01. The molecule has 3 N–H and O–H groups in total. The van der Waals surface area contributed by atoms with Crippen molar-refractivity contribution in [2.45, 2.75) is 25.8 Å². The van der Waals surface area contributed by atoms with Gasteiger partial charge >= 0.3 is 0 Å². The van der Waals surface area contributed by atoms with E-state index in [1.807, 2.05) is 30.5 Å². The Morgan fingerprint density at radius 3 is 2.93 bits per heavy atom. The van der Waals surface area contributed by atoms with Gasteiger partial charge in [-0.25, -0.2) is 4.98 Å². The molecule has 144 valence electrons. The molecule has 6 heteroatoms. The Bertz CT molecular complexity index is 968. The maximum Gasteiger partial charge on any atom is 0.255 e. The fourth-order valence-electron chi connectivity index (χ4n) is 3.01. The van der Waals surface area contributed by atoms with Crippen LogP contribution in [0.1, 0.15) is 41.7 Å². The molecule has 0 aliphatic heterocycles. The average Bonchev–Trinajstić information content (AvgIpc) is 3.37. The van der Waals surface area contributed by atoms with Crippen molar-refractivity contribution < 1.29 is 9.53 Å². The number of hydrogen-bond acceptors (Lipinski definition) is 5. The summed E-state index contributed by atoms with van der Waals surface area (Å²) in [5.41, 5.74) is 8.99. The highest BCUT2D eigenvalue weighted by Crippen LogP contribution is 2.31. The fraction of sp³-hybridized carbons (Fsp3) is 0.273. The first-order chi connectivity index (χ1) is 13.6. The molecule has 1 heterocycles. The van der Waals surface area contributed by atoms with Crippen LogP contribution in [0.3, 0.4) is 0 Å². The first-order valence-corrected chi connectivity index (χ1v) is 10.3. The van der Waals surface area contributed by atoms with Crippen molar-refractivity contribution in [3.63, 3.8) is 0 Å². The van der Waals surface area contributed by atoms with Crippen LogP contribution in [-0.4, -0.2) is 17.5 Å². The number of amides is 1. The van der Waals surface area contributed by atoms with Crippen LogP contribution in [0.4, 0.5) is 5.69 Å². The van der Waals surface area contributed by atoms with Crippen LogP contribution < -0.4 is 15.8 Å². The first-order valence-electron chi connectivity index (χ1n) is 9.43. The Balaban J connectivity index is 1.50. The number of thiazole rings is 1. The summed E-state index contributed by atoms with van der Waals surface area (Å²) < 4.78 is 5.87. The van der Waals surface area contributed by atoms with Gasteiger partial charge in [0.25, 0.3) is 5.91 Å². The monoisotopic (exact) mass is 393 g/mol. The number of nitrogens with two attached hydrogens (primary N) is 1. The van der Waals surface area contributed by atoms with Gasteiger partial charge in [-0.05, 0) is 55.5 Å². The second-order valence-electron chi connectivity index (χ2n) is 7.17. The van der Waals surface area contributed by atoms with Gasteiger partial charge in [-0.2, -0.15) is 0 Å². The van der Waals surface area contributed by atoms with E-state index in [0.717, 1.165) is 16.1 Å². The third kappa shape index (κ3) is 4.34. The van der Waals surface area contributed by atoms with Crippen LogP contribution in [0.5, 0.6) is 5.75 Å². The number of anilines is 1. The molecule has 3 aromatic rings. The first kappa shape index (κ1) is 18.5. The summed E-state index contributed by atoms with van der Waals surface area (Å²) in [6.07, 6.45) is 4.19. The summed E-state index contributed by atoms with van der Waals surface area (Å²) in [6.45, 7) is 2.62. The van der Waals surface area contributed by atoms with Crippen molar-refractivity contribution in [2.24, 2.45) is 5.92 Å². The van der Waals surface area contributed by atoms with Crippen LogP contribution in [0.2, 0.25) is 0 Å². The highest BCUT2D eigenvalue weighted by Gasteiger charge is 2.23. The Hall–Kier alpha value is -2.86. The maximum absolute atomic E-state index is 12.9. The Morgan fingerprint density at radius 1 is 1.32 bits per heavy atom. The Morgan fingerprint density at radius 2 is 2.18 bits per heavy atom. The summed E-state index contributed by atoms with van der Waals surface area (Å²) >= 11 is 1.59. The van der Waals surface area contributed by atoms with Gasteiger partial charge in [0.1, 0.15) is 10.8 Å². The third-order valence-electron chi connectivity index (χ3n) is 4.83. The lowest BCUT2D eigenvalue weighted by Crippen LogP contribution is -2.27. The van der Waals surface area contributed by atoms with Gasteiger partial charge < -0.3 is 15.8 Å². The molecule has 28 heavy (non-hydrogen) atoms. The number of carbonyl (C=O) groups is 1. The van der Waals surface area contributed by atoms with Crippen LogP contribution in [0, 0.1) is 5.92 Å². The SMILES string of the molecule is CC(NC(=O)c1cc(N)ccc1OCC1CC1)c1cccc(-c2nccs2)c1. The topological polar surface area (TPSA) is 77.2 Å². The van der Waals surface area contributed by atoms with Gasteiger partial charge in [0.2, 0.25) is 0 Å². The zero-order chi connectivity index (χ0) is 19.5. The Kier molecular flexibility index (Phi) is 5.30. The van der Waals surface area contributed by atoms with Gasteiger partial charge in [-0.1, -0.05) is 18.2 Å². The lowest BCUT2D eigenvalue weighted by atomic mass is 10.0. The summed E-state index contributed by atoms with van der Waals surface area (Å²) in [6, 6.07) is 13.1. The molecule has 1 unspecified atom stereocenters. The van der Waals surface area contributed by atoms with Crippen molar-refractivity contribution in [1.82, 2.24) is 10.3 Å². The van der Waals surface area contributed by atoms with Crippen LogP contribution >= 0.6 is 11.3 Å². The smallest absolute Gasteiger partial charge is 0.255 e. The average molecular weight is 394 g/mol. The van der Waals surface area contributed by atoms with Crippen molar-refractivity contribution in [2.75, 3.05) is 12.3 Å². The predicted octanol–water partition coefficient (Wildman–Crippen LogP) is 4.67. The van der Waals surface area contributed by atoms with E-state index in [-0.39, 0.29) is 11.9 Å². The van der Waals surface area contributed by atoms with Crippen LogP contribution in [-0.2, 0) is 0 Å². The van der Waals surface area contributed by atoms with E-state index < -0.39 is 0 Å². The molecule has 0 saturated heterocycles. The van der Waals surface area contributed by atoms with E-state index in [1.165, 1.54) is 12.8 Å². The number of rotatable bonds is 7. The Labute approximate surface area is 168 Å². The largest absolute Gasteiger partial charge is 0.492 e. The van der Waals surface area contributed by atoms with Gasteiger partial charge in [0.05, 0.1) is 18.2 Å². The maximum atomic E-state index is 12.9. The minimum atomic E-state index is -0.190. The number of nitrogens with one attached hydrogen (secondary N) is 1. The van der Waals surface area contributed by atoms with Crippen molar-refractivity contribution in [1.29, 1.82) is 0 Å². The predicted molar refractivity (Wildman–Crippen MR) is 113 cm³/mol. The minimum Gasteiger partial charge on any atom is -0.492 e. The van der Waals surface area contributed by atoms with E-state index in [0.29, 0.717) is 29.5 Å².